The van der Waals surface area contributed by atoms with Gasteiger partial charge in [-0.1, -0.05) is 18.5 Å². The quantitative estimate of drug-likeness (QED) is 0.615. The van der Waals surface area contributed by atoms with Crippen LogP contribution in [0.25, 0.3) is 0 Å². The summed E-state index contributed by atoms with van der Waals surface area (Å²) in [6.07, 6.45) is 2.90. The third-order valence-corrected chi connectivity index (χ3v) is 3.42. The lowest BCUT2D eigenvalue weighted by molar-refractivity contribution is -0.384. The fraction of sp³-hybridized carbons (Fsp3) is 0.462. The van der Waals surface area contributed by atoms with Crippen molar-refractivity contribution in [2.45, 2.75) is 32.2 Å². The molecular formula is C13H15ClN2O3. The lowest BCUT2D eigenvalue weighted by Crippen LogP contribution is -2.33. The first-order valence-corrected chi connectivity index (χ1v) is 6.67. The average molecular weight is 283 g/mol. The Hall–Kier alpha value is -1.62. The van der Waals surface area contributed by atoms with Gasteiger partial charge in [0.15, 0.2) is 0 Å². The maximum Gasteiger partial charge on any atom is 0.288 e. The van der Waals surface area contributed by atoms with E-state index in [-0.39, 0.29) is 16.6 Å². The summed E-state index contributed by atoms with van der Waals surface area (Å²) < 4.78 is 0. The molecule has 1 aliphatic rings. The molecule has 0 heterocycles. The summed E-state index contributed by atoms with van der Waals surface area (Å²) in [4.78, 5) is 24.4. The molecule has 0 saturated heterocycles. The lowest BCUT2D eigenvalue weighted by atomic mass is 10.1. The number of benzene rings is 1. The number of nitrogens with zero attached hydrogens (tertiary/aromatic N) is 2. The normalized spacial score (nSPS) is 14.2. The zero-order valence-corrected chi connectivity index (χ0v) is 11.4. The molecule has 1 fully saturated rings. The van der Waals surface area contributed by atoms with Crippen molar-refractivity contribution < 1.29 is 9.72 Å². The van der Waals surface area contributed by atoms with Gasteiger partial charge >= 0.3 is 0 Å². The van der Waals surface area contributed by atoms with Gasteiger partial charge in [0.25, 0.3) is 11.6 Å². The highest BCUT2D eigenvalue weighted by atomic mass is 35.5. The third kappa shape index (κ3) is 3.04. The Bertz CT molecular complexity index is 515. The molecule has 1 saturated carbocycles. The Kier molecular flexibility index (Phi) is 4.04. The van der Waals surface area contributed by atoms with Gasteiger partial charge in [0.05, 0.1) is 4.92 Å². The number of amides is 1. The molecular weight excluding hydrogens is 268 g/mol. The molecule has 5 nitrogen and oxygen atoms in total. The topological polar surface area (TPSA) is 63.5 Å². The highest BCUT2D eigenvalue weighted by Gasteiger charge is 2.33. The number of carbonyl (C=O) groups excluding carboxylic acids is 1. The van der Waals surface area contributed by atoms with Crippen molar-refractivity contribution in [2.24, 2.45) is 0 Å². The first-order valence-electron chi connectivity index (χ1n) is 6.29. The Morgan fingerprint density at radius 2 is 2.21 bits per heavy atom. The van der Waals surface area contributed by atoms with Crippen LogP contribution in [0.15, 0.2) is 18.2 Å². The molecule has 0 atom stereocenters. The van der Waals surface area contributed by atoms with E-state index in [9.17, 15) is 14.9 Å². The van der Waals surface area contributed by atoms with Crippen molar-refractivity contribution in [1.29, 1.82) is 0 Å². The number of carbonyl (C=O) groups is 1. The van der Waals surface area contributed by atoms with E-state index < -0.39 is 4.92 Å². The van der Waals surface area contributed by atoms with Crippen LogP contribution in [0.5, 0.6) is 0 Å². The summed E-state index contributed by atoms with van der Waals surface area (Å²) in [5.41, 5.74) is 0.108. The van der Waals surface area contributed by atoms with E-state index in [0.29, 0.717) is 18.2 Å². The molecule has 0 aliphatic heterocycles. The number of rotatable bonds is 5. The van der Waals surface area contributed by atoms with Gasteiger partial charge in [-0.05, 0) is 31.4 Å². The third-order valence-electron chi connectivity index (χ3n) is 3.10. The van der Waals surface area contributed by atoms with Crippen LogP contribution >= 0.6 is 11.6 Å². The minimum atomic E-state index is -0.569. The molecule has 0 unspecified atom stereocenters. The van der Waals surface area contributed by atoms with Crippen molar-refractivity contribution in [3.8, 4) is 0 Å². The Balaban J connectivity index is 2.27. The second kappa shape index (κ2) is 5.57. The van der Waals surface area contributed by atoms with E-state index in [1.807, 2.05) is 6.92 Å². The van der Waals surface area contributed by atoms with Crippen LogP contribution in [0.4, 0.5) is 5.69 Å². The van der Waals surface area contributed by atoms with Crippen LogP contribution in [0.2, 0.25) is 5.02 Å². The van der Waals surface area contributed by atoms with E-state index in [1.165, 1.54) is 12.1 Å². The number of halogens is 1. The number of hydrogen-bond donors (Lipinski definition) is 0. The summed E-state index contributed by atoms with van der Waals surface area (Å²) in [6.45, 7) is 2.69. The monoisotopic (exact) mass is 282 g/mol. The van der Waals surface area contributed by atoms with Crippen molar-refractivity contribution in [3.63, 3.8) is 0 Å². The lowest BCUT2D eigenvalue weighted by Gasteiger charge is -2.21. The summed E-state index contributed by atoms with van der Waals surface area (Å²) in [7, 11) is 0. The average Bonchev–Trinajstić information content (AvgIpc) is 3.19. The van der Waals surface area contributed by atoms with Crippen molar-refractivity contribution in [3.05, 3.63) is 38.9 Å². The van der Waals surface area contributed by atoms with Crippen LogP contribution < -0.4 is 0 Å². The summed E-state index contributed by atoms with van der Waals surface area (Å²) >= 11 is 5.74. The standard InChI is InChI=1S/C13H15ClN2O3/c1-2-7-15(10-4-5-10)13(17)9-3-6-11(14)12(8-9)16(18)19/h3,6,8,10H,2,4-5,7H2,1H3. The van der Waals surface area contributed by atoms with Gasteiger partial charge in [0, 0.05) is 24.2 Å². The van der Waals surface area contributed by atoms with Crippen molar-refractivity contribution >= 4 is 23.2 Å². The van der Waals surface area contributed by atoms with E-state index >= 15 is 0 Å². The zero-order chi connectivity index (χ0) is 14.0. The van der Waals surface area contributed by atoms with Crippen molar-refractivity contribution in [1.82, 2.24) is 4.90 Å². The second-order valence-electron chi connectivity index (χ2n) is 4.65. The van der Waals surface area contributed by atoms with Crippen LogP contribution in [0.3, 0.4) is 0 Å². The highest BCUT2D eigenvalue weighted by Crippen LogP contribution is 2.30. The Labute approximate surface area is 116 Å². The van der Waals surface area contributed by atoms with Gasteiger partial charge in [-0.25, -0.2) is 0 Å². The molecule has 0 radical (unpaired) electrons. The maximum absolute atomic E-state index is 12.4. The van der Waals surface area contributed by atoms with Gasteiger partial charge in [-0.2, -0.15) is 0 Å². The smallest absolute Gasteiger partial charge is 0.288 e. The van der Waals surface area contributed by atoms with Gasteiger partial charge < -0.3 is 4.90 Å². The van der Waals surface area contributed by atoms with Gasteiger partial charge in [0.2, 0.25) is 0 Å². The van der Waals surface area contributed by atoms with Crippen LogP contribution in [0, 0.1) is 10.1 Å². The van der Waals surface area contributed by atoms with E-state index in [2.05, 4.69) is 0 Å². The SMILES string of the molecule is CCCN(C(=O)c1ccc(Cl)c([N+](=O)[O-])c1)C1CC1. The summed E-state index contributed by atoms with van der Waals surface area (Å²) in [5.74, 6) is -0.149. The molecule has 2 rings (SSSR count). The van der Waals surface area contributed by atoms with Crippen LogP contribution in [-0.4, -0.2) is 28.3 Å². The van der Waals surface area contributed by atoms with E-state index in [4.69, 9.17) is 11.6 Å². The van der Waals surface area contributed by atoms with Gasteiger partial charge in [0.1, 0.15) is 5.02 Å². The predicted molar refractivity (Wildman–Crippen MR) is 72.5 cm³/mol. The van der Waals surface area contributed by atoms with Gasteiger partial charge in [-0.3, -0.25) is 14.9 Å². The van der Waals surface area contributed by atoms with E-state index in [0.717, 1.165) is 19.3 Å². The molecule has 0 bridgehead atoms. The molecule has 19 heavy (non-hydrogen) atoms. The molecule has 1 aliphatic carbocycles. The number of nitro groups is 1. The number of nitro benzene ring substituents is 1. The fourth-order valence-corrected chi connectivity index (χ4v) is 2.22. The molecule has 1 amide bonds. The molecule has 6 heteroatoms. The summed E-state index contributed by atoms with van der Waals surface area (Å²) in [5, 5.41) is 10.9. The van der Waals surface area contributed by atoms with E-state index in [1.54, 1.807) is 11.0 Å². The highest BCUT2D eigenvalue weighted by molar-refractivity contribution is 6.32. The molecule has 0 spiro atoms. The largest absolute Gasteiger partial charge is 0.336 e. The molecule has 1 aromatic rings. The molecule has 1 aromatic carbocycles. The molecule has 0 aromatic heterocycles. The Morgan fingerprint density at radius 1 is 1.53 bits per heavy atom. The first kappa shape index (κ1) is 13.8. The predicted octanol–water partition coefficient (Wildman–Crippen LogP) is 3.26. The maximum atomic E-state index is 12.4. The number of hydrogen-bond acceptors (Lipinski definition) is 3. The van der Waals surface area contributed by atoms with Crippen molar-refractivity contribution in [2.75, 3.05) is 6.54 Å². The molecule has 0 N–H and O–H groups in total. The zero-order valence-electron chi connectivity index (χ0n) is 10.6. The van der Waals surface area contributed by atoms with Gasteiger partial charge in [-0.15, -0.1) is 0 Å². The summed E-state index contributed by atoms with van der Waals surface area (Å²) in [6, 6.07) is 4.50. The Morgan fingerprint density at radius 3 is 2.74 bits per heavy atom. The minimum Gasteiger partial charge on any atom is -0.336 e. The minimum absolute atomic E-state index is 0.0509. The molecule has 102 valence electrons. The first-order chi connectivity index (χ1) is 9.04. The fourth-order valence-electron chi connectivity index (χ4n) is 2.03. The van der Waals surface area contributed by atoms with Crippen LogP contribution in [0.1, 0.15) is 36.5 Å². The second-order valence-corrected chi connectivity index (χ2v) is 5.06. The van der Waals surface area contributed by atoms with Crippen LogP contribution in [-0.2, 0) is 0 Å².